The summed E-state index contributed by atoms with van der Waals surface area (Å²) in [6.45, 7) is 0. The number of H-pyrrole nitrogens is 1. The summed E-state index contributed by atoms with van der Waals surface area (Å²) in [6, 6.07) is 3.19. The van der Waals surface area contributed by atoms with E-state index >= 15 is 0 Å². The Morgan fingerprint density at radius 3 is 2.93 bits per heavy atom. The Morgan fingerprint density at radius 2 is 2.36 bits per heavy atom. The van der Waals surface area contributed by atoms with Crippen LogP contribution in [-0.4, -0.2) is 14.5 Å². The number of imidazole rings is 1. The van der Waals surface area contributed by atoms with Crippen molar-refractivity contribution in [3.8, 4) is 5.69 Å². The molecule has 0 aliphatic heterocycles. The first-order chi connectivity index (χ1) is 6.79. The zero-order chi connectivity index (χ0) is 9.97. The van der Waals surface area contributed by atoms with Gasteiger partial charge in [-0.3, -0.25) is 4.79 Å². The quantitative estimate of drug-likeness (QED) is 0.758. The highest BCUT2D eigenvalue weighted by Gasteiger charge is 1.98. The van der Waals surface area contributed by atoms with Crippen LogP contribution in [0.1, 0.15) is 5.69 Å². The van der Waals surface area contributed by atoms with Gasteiger partial charge in [0.25, 0.3) is 0 Å². The van der Waals surface area contributed by atoms with E-state index < -0.39 is 0 Å². The number of nitrogens with one attached hydrogen (secondary N) is 1. The van der Waals surface area contributed by atoms with Crippen LogP contribution in [-0.2, 0) is 5.88 Å². The molecule has 0 aliphatic carbocycles. The summed E-state index contributed by atoms with van der Waals surface area (Å²) in [5.41, 5.74) is 1.54. The topological polar surface area (TPSA) is 50.7 Å². The van der Waals surface area contributed by atoms with E-state index in [0.717, 1.165) is 11.4 Å². The maximum Gasteiger partial charge on any atom is 0.248 e. The molecule has 4 nitrogen and oxygen atoms in total. The fourth-order valence-electron chi connectivity index (χ4n) is 1.14. The Kier molecular flexibility index (Phi) is 2.37. The van der Waals surface area contributed by atoms with E-state index in [1.54, 1.807) is 23.2 Å². The van der Waals surface area contributed by atoms with Crippen LogP contribution in [0.5, 0.6) is 0 Å². The summed E-state index contributed by atoms with van der Waals surface area (Å²) in [7, 11) is 0. The number of halogens is 1. The van der Waals surface area contributed by atoms with Gasteiger partial charge in [0.1, 0.15) is 0 Å². The highest BCUT2D eigenvalue weighted by molar-refractivity contribution is 6.16. The maximum atomic E-state index is 10.8. The molecule has 2 aromatic rings. The summed E-state index contributed by atoms with van der Waals surface area (Å²) in [4.78, 5) is 17.5. The number of nitrogens with zero attached hydrogens (tertiary/aromatic N) is 2. The van der Waals surface area contributed by atoms with E-state index in [9.17, 15) is 4.79 Å². The first kappa shape index (κ1) is 9.02. The molecule has 2 heterocycles. The molecule has 1 N–H and O–H groups in total. The third kappa shape index (κ3) is 1.70. The van der Waals surface area contributed by atoms with Crippen molar-refractivity contribution in [2.45, 2.75) is 5.88 Å². The van der Waals surface area contributed by atoms with Crippen molar-refractivity contribution in [1.29, 1.82) is 0 Å². The van der Waals surface area contributed by atoms with E-state index in [4.69, 9.17) is 11.6 Å². The normalized spacial score (nSPS) is 10.4. The fourth-order valence-corrected chi connectivity index (χ4v) is 1.27. The molecule has 0 unspecified atom stereocenters. The molecule has 0 atom stereocenters. The smallest absolute Gasteiger partial charge is 0.248 e. The minimum atomic E-state index is -0.119. The first-order valence-corrected chi connectivity index (χ1v) is 4.61. The van der Waals surface area contributed by atoms with Gasteiger partial charge in [0.15, 0.2) is 0 Å². The van der Waals surface area contributed by atoms with Gasteiger partial charge < -0.3 is 9.55 Å². The molecule has 0 aliphatic rings. The molecule has 0 saturated heterocycles. The minimum absolute atomic E-state index is 0.119. The molecule has 2 aromatic heterocycles. The second-order valence-electron chi connectivity index (χ2n) is 2.82. The van der Waals surface area contributed by atoms with Gasteiger partial charge in [-0.2, -0.15) is 0 Å². The van der Waals surface area contributed by atoms with Crippen LogP contribution >= 0.6 is 11.6 Å². The van der Waals surface area contributed by atoms with Crippen molar-refractivity contribution in [2.24, 2.45) is 0 Å². The summed E-state index contributed by atoms with van der Waals surface area (Å²) < 4.78 is 1.80. The molecule has 14 heavy (non-hydrogen) atoms. The molecule has 72 valence electrons. The third-order valence-corrected chi connectivity index (χ3v) is 2.11. The first-order valence-electron chi connectivity index (χ1n) is 4.07. The number of alkyl halides is 1. The second kappa shape index (κ2) is 3.67. The second-order valence-corrected chi connectivity index (χ2v) is 3.08. The molecule has 0 amide bonds. The number of hydrogen-bond acceptors (Lipinski definition) is 2. The minimum Gasteiger partial charge on any atom is -0.327 e. The van der Waals surface area contributed by atoms with Crippen LogP contribution in [0.25, 0.3) is 5.69 Å². The van der Waals surface area contributed by atoms with Gasteiger partial charge in [-0.15, -0.1) is 11.6 Å². The highest BCUT2D eigenvalue weighted by Crippen LogP contribution is 2.06. The van der Waals surface area contributed by atoms with Crippen molar-refractivity contribution in [2.75, 3.05) is 0 Å². The van der Waals surface area contributed by atoms with Crippen LogP contribution in [0.2, 0.25) is 0 Å². The average Bonchev–Trinajstić information content (AvgIpc) is 2.67. The predicted molar refractivity (Wildman–Crippen MR) is 53.7 cm³/mol. The van der Waals surface area contributed by atoms with E-state index in [2.05, 4.69) is 9.97 Å². The zero-order valence-electron chi connectivity index (χ0n) is 7.27. The van der Waals surface area contributed by atoms with Crippen molar-refractivity contribution < 1.29 is 0 Å². The van der Waals surface area contributed by atoms with E-state index in [1.807, 2.05) is 6.20 Å². The van der Waals surface area contributed by atoms with Crippen molar-refractivity contribution >= 4 is 11.6 Å². The van der Waals surface area contributed by atoms with Crippen LogP contribution in [0.15, 0.2) is 35.6 Å². The van der Waals surface area contributed by atoms with Gasteiger partial charge >= 0.3 is 0 Å². The standard InChI is InChI=1S/C9H8ClN3O/c10-3-7-5-13(6-12-7)8-1-2-9(14)11-4-8/h1-2,4-6H,3H2,(H,11,14). The Morgan fingerprint density at radius 1 is 1.50 bits per heavy atom. The SMILES string of the molecule is O=c1ccc(-n2cnc(CCl)c2)c[nH]1. The van der Waals surface area contributed by atoms with Gasteiger partial charge in [-0.05, 0) is 6.07 Å². The van der Waals surface area contributed by atoms with E-state index in [-0.39, 0.29) is 5.56 Å². The number of hydrogen-bond donors (Lipinski definition) is 1. The van der Waals surface area contributed by atoms with Gasteiger partial charge in [-0.25, -0.2) is 4.98 Å². The molecule has 5 heteroatoms. The van der Waals surface area contributed by atoms with Crippen molar-refractivity contribution in [3.63, 3.8) is 0 Å². The van der Waals surface area contributed by atoms with E-state index in [0.29, 0.717) is 5.88 Å². The van der Waals surface area contributed by atoms with E-state index in [1.165, 1.54) is 6.07 Å². The molecular formula is C9H8ClN3O. The van der Waals surface area contributed by atoms with Gasteiger partial charge in [0, 0.05) is 18.5 Å². The van der Waals surface area contributed by atoms with Crippen molar-refractivity contribution in [3.05, 3.63) is 46.9 Å². The molecule has 0 aromatic carbocycles. The molecule has 0 fully saturated rings. The number of aromatic amines is 1. The number of aromatic nitrogens is 3. The molecule has 0 bridgehead atoms. The predicted octanol–water partition coefficient (Wildman–Crippen LogP) is 1.30. The van der Waals surface area contributed by atoms with Gasteiger partial charge in [0.05, 0.1) is 23.6 Å². The number of rotatable bonds is 2. The lowest BCUT2D eigenvalue weighted by Gasteiger charge is -1.98. The monoisotopic (exact) mass is 209 g/mol. The molecule has 0 saturated carbocycles. The Bertz CT molecular complexity index is 468. The lowest BCUT2D eigenvalue weighted by atomic mass is 10.4. The van der Waals surface area contributed by atoms with Crippen LogP contribution in [0, 0.1) is 0 Å². The lowest BCUT2D eigenvalue weighted by molar-refractivity contribution is 1.03. The zero-order valence-corrected chi connectivity index (χ0v) is 8.03. The molecule has 2 rings (SSSR count). The van der Waals surface area contributed by atoms with Crippen LogP contribution in [0.4, 0.5) is 0 Å². The largest absolute Gasteiger partial charge is 0.327 e. The van der Waals surface area contributed by atoms with Gasteiger partial charge in [0.2, 0.25) is 5.56 Å². The third-order valence-electron chi connectivity index (χ3n) is 1.84. The summed E-state index contributed by atoms with van der Waals surface area (Å²) in [5, 5.41) is 0. The maximum absolute atomic E-state index is 10.8. The van der Waals surface area contributed by atoms with Crippen LogP contribution in [0.3, 0.4) is 0 Å². The Hall–Kier alpha value is -1.55. The Labute approximate surface area is 85.2 Å². The summed E-state index contributed by atoms with van der Waals surface area (Å²) >= 11 is 5.62. The van der Waals surface area contributed by atoms with Crippen molar-refractivity contribution in [1.82, 2.24) is 14.5 Å². The summed E-state index contributed by atoms with van der Waals surface area (Å²) in [5.74, 6) is 0.385. The summed E-state index contributed by atoms with van der Waals surface area (Å²) in [6.07, 6.45) is 5.11. The average molecular weight is 210 g/mol. The lowest BCUT2D eigenvalue weighted by Crippen LogP contribution is -2.03. The highest BCUT2D eigenvalue weighted by atomic mass is 35.5. The Balaban J connectivity index is 2.39. The van der Waals surface area contributed by atoms with Gasteiger partial charge in [-0.1, -0.05) is 0 Å². The van der Waals surface area contributed by atoms with Crippen LogP contribution < -0.4 is 5.56 Å². The molecule has 0 spiro atoms. The molecular weight excluding hydrogens is 202 g/mol. The molecule has 0 radical (unpaired) electrons. The number of pyridine rings is 1. The fraction of sp³-hybridized carbons (Fsp3) is 0.111.